The van der Waals surface area contributed by atoms with Crippen LogP contribution in [0.15, 0.2) is 60.8 Å². The predicted molar refractivity (Wildman–Crippen MR) is 108 cm³/mol. The Hall–Kier alpha value is -1.95. The summed E-state index contributed by atoms with van der Waals surface area (Å²) in [5.74, 6) is 0. The Kier molecular flexibility index (Phi) is 4.46. The van der Waals surface area contributed by atoms with Crippen LogP contribution in [0.3, 0.4) is 0 Å². The summed E-state index contributed by atoms with van der Waals surface area (Å²) in [6.07, 6.45) is 1.81. The number of halogens is 1. The molecule has 1 N–H and O–H groups in total. The number of hydrogen-bond acceptors (Lipinski definition) is 3. The number of anilines is 1. The summed E-state index contributed by atoms with van der Waals surface area (Å²) in [6.45, 7) is 2.09. The zero-order chi connectivity index (χ0) is 17.4. The Morgan fingerprint density at radius 2 is 2.04 bits per heavy atom. The van der Waals surface area contributed by atoms with Crippen molar-refractivity contribution < 1.29 is 0 Å². The zero-order valence-electron chi connectivity index (χ0n) is 13.5. The second-order valence-electron chi connectivity index (χ2n) is 5.98. The quantitative estimate of drug-likeness (QED) is 0.620. The summed E-state index contributed by atoms with van der Waals surface area (Å²) in [7, 11) is 0. The Labute approximate surface area is 161 Å². The minimum absolute atomic E-state index is 0.0155. The third-order valence-electron chi connectivity index (χ3n) is 4.26. The van der Waals surface area contributed by atoms with Gasteiger partial charge in [0.2, 0.25) is 0 Å². The van der Waals surface area contributed by atoms with Crippen molar-refractivity contribution >= 4 is 46.0 Å². The fourth-order valence-corrected chi connectivity index (χ4v) is 4.72. The van der Waals surface area contributed by atoms with E-state index in [1.165, 1.54) is 5.56 Å². The van der Waals surface area contributed by atoms with E-state index in [1.807, 2.05) is 30.5 Å². The molecule has 2 aromatic heterocycles. The minimum atomic E-state index is -0.0241. The Balaban J connectivity index is 1.83. The van der Waals surface area contributed by atoms with Crippen molar-refractivity contribution in [1.82, 2.24) is 10.3 Å². The molecule has 1 aliphatic heterocycles. The van der Waals surface area contributed by atoms with E-state index < -0.39 is 0 Å². The van der Waals surface area contributed by atoms with Gasteiger partial charge in [-0.05, 0) is 61.1 Å². The number of aromatic nitrogens is 1. The van der Waals surface area contributed by atoms with Crippen LogP contribution >= 0.6 is 35.2 Å². The van der Waals surface area contributed by atoms with E-state index in [-0.39, 0.29) is 12.1 Å². The highest BCUT2D eigenvalue weighted by molar-refractivity contribution is 7.80. The topological polar surface area (TPSA) is 28.2 Å². The third-order valence-corrected chi connectivity index (χ3v) is 5.88. The maximum absolute atomic E-state index is 6.22. The minimum Gasteiger partial charge on any atom is -0.351 e. The lowest BCUT2D eigenvalue weighted by Gasteiger charge is -2.27. The van der Waals surface area contributed by atoms with Gasteiger partial charge in [0.25, 0.3) is 0 Å². The average molecular weight is 386 g/mol. The fourth-order valence-electron chi connectivity index (χ4n) is 3.19. The average Bonchev–Trinajstić information content (AvgIpc) is 3.18. The van der Waals surface area contributed by atoms with E-state index in [1.54, 1.807) is 11.3 Å². The van der Waals surface area contributed by atoms with Crippen molar-refractivity contribution in [1.29, 1.82) is 0 Å². The summed E-state index contributed by atoms with van der Waals surface area (Å²) >= 11 is 13.5. The molecule has 25 heavy (non-hydrogen) atoms. The van der Waals surface area contributed by atoms with Crippen molar-refractivity contribution in [2.75, 3.05) is 4.90 Å². The van der Waals surface area contributed by atoms with Gasteiger partial charge < -0.3 is 10.2 Å². The van der Waals surface area contributed by atoms with E-state index in [4.69, 9.17) is 23.8 Å². The SMILES string of the molecule is Cc1cccc(N2C(=S)N[C@@H](c3ccccn3)[C@@H]2c2ccc(Cl)s2)c1. The van der Waals surface area contributed by atoms with Crippen molar-refractivity contribution in [3.05, 3.63) is 81.3 Å². The molecular formula is C19H16ClN3S2. The number of nitrogens with one attached hydrogen (secondary N) is 1. The normalized spacial score (nSPS) is 19.9. The third kappa shape index (κ3) is 3.15. The number of pyridine rings is 1. The zero-order valence-corrected chi connectivity index (χ0v) is 15.9. The van der Waals surface area contributed by atoms with Crippen LogP contribution in [0, 0.1) is 6.92 Å². The maximum Gasteiger partial charge on any atom is 0.174 e. The van der Waals surface area contributed by atoms with Crippen molar-refractivity contribution in [3.63, 3.8) is 0 Å². The van der Waals surface area contributed by atoms with Gasteiger partial charge in [-0.2, -0.15) is 0 Å². The molecule has 4 rings (SSSR count). The number of rotatable bonds is 3. The van der Waals surface area contributed by atoms with Crippen molar-refractivity contribution in [3.8, 4) is 0 Å². The first kappa shape index (κ1) is 16.5. The molecule has 1 aliphatic rings. The Morgan fingerprint density at radius 3 is 2.72 bits per heavy atom. The van der Waals surface area contributed by atoms with Gasteiger partial charge in [0.1, 0.15) is 0 Å². The predicted octanol–water partition coefficient (Wildman–Crippen LogP) is 5.28. The largest absolute Gasteiger partial charge is 0.351 e. The van der Waals surface area contributed by atoms with Crippen LogP contribution in [0.4, 0.5) is 5.69 Å². The molecule has 0 saturated carbocycles. The Morgan fingerprint density at radius 1 is 1.16 bits per heavy atom. The van der Waals surface area contributed by atoms with Gasteiger partial charge in [0, 0.05) is 16.8 Å². The van der Waals surface area contributed by atoms with Crippen LogP contribution in [0.1, 0.15) is 28.2 Å². The summed E-state index contributed by atoms with van der Waals surface area (Å²) in [4.78, 5) is 7.88. The van der Waals surface area contributed by atoms with Crippen LogP contribution in [0.25, 0.3) is 0 Å². The highest BCUT2D eigenvalue weighted by Crippen LogP contribution is 2.44. The molecule has 0 bridgehead atoms. The molecular weight excluding hydrogens is 370 g/mol. The molecule has 3 heterocycles. The van der Waals surface area contributed by atoms with Gasteiger partial charge in [-0.3, -0.25) is 4.98 Å². The molecule has 3 nitrogen and oxygen atoms in total. The number of aryl methyl sites for hydroxylation is 1. The molecule has 0 spiro atoms. The number of thiocarbonyl (C=S) groups is 1. The van der Waals surface area contributed by atoms with E-state index in [2.05, 4.69) is 52.5 Å². The lowest BCUT2D eigenvalue weighted by Crippen LogP contribution is -2.29. The smallest absolute Gasteiger partial charge is 0.174 e. The van der Waals surface area contributed by atoms with E-state index in [9.17, 15) is 0 Å². The maximum atomic E-state index is 6.22. The first-order chi connectivity index (χ1) is 12.1. The summed E-state index contributed by atoms with van der Waals surface area (Å²) in [6, 6.07) is 18.3. The second-order valence-corrected chi connectivity index (χ2v) is 8.11. The number of nitrogens with zero attached hydrogens (tertiary/aromatic N) is 2. The van der Waals surface area contributed by atoms with Gasteiger partial charge >= 0.3 is 0 Å². The lowest BCUT2D eigenvalue weighted by molar-refractivity contribution is 0.575. The number of hydrogen-bond donors (Lipinski definition) is 1. The molecule has 0 radical (unpaired) electrons. The lowest BCUT2D eigenvalue weighted by atomic mass is 10.0. The standard InChI is InChI=1S/C19H16ClN3S2/c1-12-5-4-6-13(11-12)23-18(15-8-9-16(20)25-15)17(22-19(23)24)14-7-2-3-10-21-14/h2-11,17-18H,1H3,(H,22,24)/t17-,18-/m0/s1. The van der Waals surface area contributed by atoms with Gasteiger partial charge in [0.15, 0.2) is 5.11 Å². The van der Waals surface area contributed by atoms with Gasteiger partial charge in [-0.1, -0.05) is 29.8 Å². The molecule has 1 fully saturated rings. The Bertz CT molecular complexity index is 910. The molecule has 1 aromatic carbocycles. The summed E-state index contributed by atoms with van der Waals surface area (Å²) in [5.41, 5.74) is 3.24. The highest BCUT2D eigenvalue weighted by atomic mass is 35.5. The molecule has 6 heteroatoms. The highest BCUT2D eigenvalue weighted by Gasteiger charge is 2.41. The molecule has 3 aromatic rings. The summed E-state index contributed by atoms with van der Waals surface area (Å²) < 4.78 is 0.775. The van der Waals surface area contributed by atoms with E-state index in [0.717, 1.165) is 20.6 Å². The van der Waals surface area contributed by atoms with Gasteiger partial charge in [0.05, 0.1) is 22.1 Å². The van der Waals surface area contributed by atoms with Crippen LogP contribution < -0.4 is 10.2 Å². The molecule has 2 atom stereocenters. The first-order valence-electron chi connectivity index (χ1n) is 7.96. The molecule has 0 aliphatic carbocycles. The van der Waals surface area contributed by atoms with Crippen molar-refractivity contribution in [2.24, 2.45) is 0 Å². The molecule has 126 valence electrons. The molecule has 0 unspecified atom stereocenters. The fraction of sp³-hybridized carbons (Fsp3) is 0.158. The number of benzene rings is 1. The van der Waals surface area contributed by atoms with E-state index >= 15 is 0 Å². The van der Waals surface area contributed by atoms with E-state index in [0.29, 0.717) is 5.11 Å². The first-order valence-corrected chi connectivity index (χ1v) is 9.56. The van der Waals surface area contributed by atoms with Gasteiger partial charge in [-0.25, -0.2) is 0 Å². The van der Waals surface area contributed by atoms with Crippen LogP contribution in [-0.2, 0) is 0 Å². The van der Waals surface area contributed by atoms with Crippen molar-refractivity contribution in [2.45, 2.75) is 19.0 Å². The number of thiophene rings is 1. The molecule has 0 amide bonds. The van der Waals surface area contributed by atoms with Crippen LogP contribution in [-0.4, -0.2) is 10.1 Å². The van der Waals surface area contributed by atoms with Crippen LogP contribution in [0.2, 0.25) is 4.34 Å². The van der Waals surface area contributed by atoms with Gasteiger partial charge in [-0.15, -0.1) is 11.3 Å². The second kappa shape index (κ2) is 6.75. The summed E-state index contributed by atoms with van der Waals surface area (Å²) in [5, 5.41) is 4.16. The molecule has 1 saturated heterocycles. The van der Waals surface area contributed by atoms with Crippen LogP contribution in [0.5, 0.6) is 0 Å². The monoisotopic (exact) mass is 385 g/mol.